The van der Waals surface area contributed by atoms with E-state index in [1.54, 1.807) is 12.1 Å². The molecule has 7 nitrogen and oxygen atoms in total. The zero-order valence-corrected chi connectivity index (χ0v) is 15.1. The van der Waals surface area contributed by atoms with Gasteiger partial charge in [0.25, 0.3) is 11.1 Å². The molecule has 3 aromatic rings. The van der Waals surface area contributed by atoms with E-state index in [1.165, 1.54) is 36.4 Å². The topological polar surface area (TPSA) is 97.1 Å². The highest BCUT2D eigenvalue weighted by atomic mass is 32.2. The number of anilines is 1. The van der Waals surface area contributed by atoms with Gasteiger partial charge in [-0.15, -0.1) is 10.2 Å². The van der Waals surface area contributed by atoms with Crippen molar-refractivity contribution in [2.45, 2.75) is 11.8 Å². The molecule has 144 valence electrons. The summed E-state index contributed by atoms with van der Waals surface area (Å²) < 4.78 is 32.0. The highest BCUT2D eigenvalue weighted by Gasteiger charge is 2.14. The number of carbonyl (C=O) groups excluding carboxylic acids is 2. The summed E-state index contributed by atoms with van der Waals surface area (Å²) in [6, 6.07) is 11.1. The molecule has 1 heterocycles. The largest absolute Gasteiger partial charge is 0.414 e. The number of nitrogens with zero attached hydrogens (tertiary/aromatic N) is 2. The Bertz CT molecular complexity index is 996. The van der Waals surface area contributed by atoms with Crippen molar-refractivity contribution in [3.8, 4) is 0 Å². The van der Waals surface area contributed by atoms with E-state index in [0.29, 0.717) is 5.69 Å². The van der Waals surface area contributed by atoms with Crippen LogP contribution in [0, 0.1) is 11.6 Å². The van der Waals surface area contributed by atoms with Crippen molar-refractivity contribution in [2.75, 3.05) is 11.1 Å². The van der Waals surface area contributed by atoms with Crippen LogP contribution in [0.4, 0.5) is 14.5 Å². The van der Waals surface area contributed by atoms with Crippen LogP contribution in [0.15, 0.2) is 58.2 Å². The second-order valence-corrected chi connectivity index (χ2v) is 6.40. The number of hydrogen-bond donors (Lipinski definition) is 2. The fourth-order valence-corrected chi connectivity index (χ4v) is 2.74. The number of thioether (sulfide) groups is 1. The average molecular weight is 404 g/mol. The lowest BCUT2D eigenvalue weighted by atomic mass is 10.2. The van der Waals surface area contributed by atoms with Crippen LogP contribution < -0.4 is 10.6 Å². The Kier molecular flexibility index (Phi) is 6.33. The van der Waals surface area contributed by atoms with E-state index in [2.05, 4.69) is 20.8 Å². The summed E-state index contributed by atoms with van der Waals surface area (Å²) >= 11 is 0.987. The van der Waals surface area contributed by atoms with Gasteiger partial charge in [0.15, 0.2) is 0 Å². The number of benzene rings is 2. The molecule has 28 heavy (non-hydrogen) atoms. The molecule has 0 unspecified atom stereocenters. The molecule has 10 heteroatoms. The molecule has 2 amide bonds. The van der Waals surface area contributed by atoms with Gasteiger partial charge in [0.2, 0.25) is 11.8 Å². The van der Waals surface area contributed by atoms with Gasteiger partial charge in [0.05, 0.1) is 17.9 Å². The number of carbonyl (C=O) groups is 2. The molecule has 0 radical (unpaired) electrons. The lowest BCUT2D eigenvalue weighted by Crippen LogP contribution is -2.23. The number of amides is 2. The summed E-state index contributed by atoms with van der Waals surface area (Å²) in [6.07, 6.45) is 0. The van der Waals surface area contributed by atoms with Gasteiger partial charge in [-0.3, -0.25) is 9.59 Å². The van der Waals surface area contributed by atoms with Crippen LogP contribution in [0.2, 0.25) is 0 Å². The van der Waals surface area contributed by atoms with Crippen LogP contribution >= 0.6 is 11.8 Å². The fourth-order valence-electron chi connectivity index (χ4n) is 2.16. The molecule has 2 N–H and O–H groups in total. The maximum atomic E-state index is 13.6. The summed E-state index contributed by atoms with van der Waals surface area (Å²) in [5.74, 6) is -1.99. The van der Waals surface area contributed by atoms with E-state index in [-0.39, 0.29) is 34.9 Å². The van der Waals surface area contributed by atoms with E-state index in [0.717, 1.165) is 11.8 Å². The molecule has 0 aliphatic rings. The second kappa shape index (κ2) is 9.09. The van der Waals surface area contributed by atoms with E-state index < -0.39 is 17.5 Å². The van der Waals surface area contributed by atoms with E-state index in [4.69, 9.17) is 4.42 Å². The van der Waals surface area contributed by atoms with Gasteiger partial charge in [0.1, 0.15) is 11.6 Å². The van der Waals surface area contributed by atoms with Gasteiger partial charge in [0, 0.05) is 5.69 Å². The van der Waals surface area contributed by atoms with Crippen molar-refractivity contribution < 1.29 is 22.8 Å². The molecule has 0 atom stereocenters. The molecule has 0 aliphatic carbocycles. The molecule has 0 saturated heterocycles. The molecule has 0 spiro atoms. The molecular weight excluding hydrogens is 390 g/mol. The van der Waals surface area contributed by atoms with Crippen molar-refractivity contribution in [1.82, 2.24) is 15.5 Å². The molecule has 3 rings (SSSR count). The van der Waals surface area contributed by atoms with Crippen molar-refractivity contribution in [1.29, 1.82) is 0 Å². The first-order valence-corrected chi connectivity index (χ1v) is 9.03. The third-order valence-electron chi connectivity index (χ3n) is 3.40. The Hall–Kier alpha value is -3.27. The number of rotatable bonds is 7. The molecule has 0 aliphatic heterocycles. The molecule has 1 aromatic heterocycles. The van der Waals surface area contributed by atoms with Gasteiger partial charge >= 0.3 is 0 Å². The Morgan fingerprint density at radius 1 is 1.07 bits per heavy atom. The Morgan fingerprint density at radius 3 is 2.68 bits per heavy atom. The van der Waals surface area contributed by atoms with Crippen molar-refractivity contribution in [3.05, 3.63) is 71.6 Å². The Morgan fingerprint density at radius 2 is 1.89 bits per heavy atom. The monoisotopic (exact) mass is 404 g/mol. The summed E-state index contributed by atoms with van der Waals surface area (Å²) in [4.78, 5) is 23.8. The number of nitrogens with one attached hydrogen (secondary N) is 2. The van der Waals surface area contributed by atoms with Crippen LogP contribution in [0.3, 0.4) is 0 Å². The van der Waals surface area contributed by atoms with Crippen molar-refractivity contribution >= 4 is 29.3 Å². The van der Waals surface area contributed by atoms with Crippen LogP contribution in [-0.2, 0) is 11.3 Å². The molecule has 0 saturated carbocycles. The third kappa shape index (κ3) is 5.36. The van der Waals surface area contributed by atoms with Crippen molar-refractivity contribution in [2.24, 2.45) is 0 Å². The molecule has 2 aromatic carbocycles. The predicted molar refractivity (Wildman–Crippen MR) is 97.6 cm³/mol. The van der Waals surface area contributed by atoms with Crippen LogP contribution in [0.1, 0.15) is 16.2 Å². The van der Waals surface area contributed by atoms with E-state index in [1.807, 2.05) is 0 Å². The maximum absolute atomic E-state index is 13.6. The first-order valence-electron chi connectivity index (χ1n) is 8.04. The third-order valence-corrected chi connectivity index (χ3v) is 4.22. The summed E-state index contributed by atoms with van der Waals surface area (Å²) in [6.45, 7) is -0.0871. The summed E-state index contributed by atoms with van der Waals surface area (Å²) in [5, 5.41) is 12.7. The number of hydrogen-bond acceptors (Lipinski definition) is 6. The van der Waals surface area contributed by atoms with E-state index in [9.17, 15) is 18.4 Å². The fraction of sp³-hybridized carbons (Fsp3) is 0.111. The zero-order valence-electron chi connectivity index (χ0n) is 14.3. The minimum absolute atomic E-state index is 0.0280. The van der Waals surface area contributed by atoms with Gasteiger partial charge in [-0.25, -0.2) is 8.78 Å². The van der Waals surface area contributed by atoms with Crippen LogP contribution in [0.25, 0.3) is 0 Å². The first kappa shape index (κ1) is 19.5. The zero-order chi connectivity index (χ0) is 19.9. The van der Waals surface area contributed by atoms with Gasteiger partial charge in [-0.1, -0.05) is 30.0 Å². The van der Waals surface area contributed by atoms with Gasteiger partial charge in [-0.05, 0) is 30.3 Å². The summed E-state index contributed by atoms with van der Waals surface area (Å²) in [5.41, 5.74) is 0.248. The first-order chi connectivity index (χ1) is 13.5. The van der Waals surface area contributed by atoms with Crippen molar-refractivity contribution in [3.63, 3.8) is 0 Å². The standard InChI is InChI=1S/C18H14F2N4O3S/c19-11-4-3-5-12(8-11)22-15(25)10-28-18-24-23-16(27-18)9-21-17(26)13-6-1-2-7-14(13)20/h1-8H,9-10H2,(H,21,26)(H,22,25). The number of halogens is 2. The predicted octanol–water partition coefficient (Wildman–Crippen LogP) is 3.01. The normalized spacial score (nSPS) is 10.5. The van der Waals surface area contributed by atoms with Gasteiger partial charge < -0.3 is 15.1 Å². The highest BCUT2D eigenvalue weighted by Crippen LogP contribution is 2.17. The lowest BCUT2D eigenvalue weighted by molar-refractivity contribution is -0.113. The molecular formula is C18H14F2N4O3S. The average Bonchev–Trinajstić information content (AvgIpc) is 3.13. The highest BCUT2D eigenvalue weighted by molar-refractivity contribution is 7.99. The Balaban J connectivity index is 1.47. The Labute approximate surface area is 162 Å². The lowest BCUT2D eigenvalue weighted by Gasteiger charge is -2.04. The minimum Gasteiger partial charge on any atom is -0.414 e. The minimum atomic E-state index is -0.633. The SMILES string of the molecule is O=C(CSc1nnc(CNC(=O)c2ccccc2F)o1)Nc1cccc(F)c1. The van der Waals surface area contributed by atoms with Gasteiger partial charge in [-0.2, -0.15) is 0 Å². The van der Waals surface area contributed by atoms with E-state index >= 15 is 0 Å². The van der Waals surface area contributed by atoms with Crippen LogP contribution in [-0.4, -0.2) is 27.8 Å². The molecule has 0 fully saturated rings. The van der Waals surface area contributed by atoms with Crippen LogP contribution in [0.5, 0.6) is 0 Å². The smallest absolute Gasteiger partial charge is 0.277 e. The summed E-state index contributed by atoms with van der Waals surface area (Å²) in [7, 11) is 0. The number of aromatic nitrogens is 2. The second-order valence-electron chi connectivity index (χ2n) is 5.47. The quantitative estimate of drug-likeness (QED) is 0.588. The maximum Gasteiger partial charge on any atom is 0.277 e. The molecule has 0 bridgehead atoms.